The number of nitrogens with one attached hydrogen (secondary N) is 2. The highest BCUT2D eigenvalue weighted by atomic mass is 32.1. The SMILES string of the molecule is COc1ccccc1NC(=S)Nc1ccncc1. The van der Waals surface area contributed by atoms with Gasteiger partial charge in [0.15, 0.2) is 5.11 Å². The maximum atomic E-state index is 5.24. The number of thiocarbonyl (C=S) groups is 1. The summed E-state index contributed by atoms with van der Waals surface area (Å²) in [4.78, 5) is 3.94. The van der Waals surface area contributed by atoms with Crippen LogP contribution >= 0.6 is 12.2 Å². The summed E-state index contributed by atoms with van der Waals surface area (Å²) in [6.07, 6.45) is 3.40. The third-order valence-corrected chi connectivity index (χ3v) is 2.50. The van der Waals surface area contributed by atoms with Crippen LogP contribution in [0, 0.1) is 0 Å². The van der Waals surface area contributed by atoms with Gasteiger partial charge in [-0.3, -0.25) is 4.98 Å². The zero-order valence-corrected chi connectivity index (χ0v) is 10.7. The van der Waals surface area contributed by atoms with Gasteiger partial charge in [0.2, 0.25) is 0 Å². The van der Waals surface area contributed by atoms with E-state index in [0.29, 0.717) is 5.11 Å². The van der Waals surface area contributed by atoms with Crippen LogP contribution < -0.4 is 15.4 Å². The topological polar surface area (TPSA) is 46.2 Å². The number of rotatable bonds is 3. The Kier molecular flexibility index (Phi) is 4.09. The molecule has 0 unspecified atom stereocenters. The molecule has 5 heteroatoms. The Balaban J connectivity index is 2.03. The van der Waals surface area contributed by atoms with Crippen molar-refractivity contribution in [2.75, 3.05) is 17.7 Å². The molecular formula is C13H13N3OS. The van der Waals surface area contributed by atoms with Crippen LogP contribution in [0.2, 0.25) is 0 Å². The molecule has 0 amide bonds. The van der Waals surface area contributed by atoms with Gasteiger partial charge in [-0.25, -0.2) is 0 Å². The minimum Gasteiger partial charge on any atom is -0.495 e. The molecule has 4 nitrogen and oxygen atoms in total. The highest BCUT2D eigenvalue weighted by molar-refractivity contribution is 7.80. The van der Waals surface area contributed by atoms with Crippen LogP contribution in [0.5, 0.6) is 5.75 Å². The van der Waals surface area contributed by atoms with Crippen molar-refractivity contribution in [2.24, 2.45) is 0 Å². The van der Waals surface area contributed by atoms with Gasteiger partial charge >= 0.3 is 0 Å². The monoisotopic (exact) mass is 259 g/mol. The average molecular weight is 259 g/mol. The molecule has 0 aliphatic heterocycles. The Hall–Kier alpha value is -2.14. The molecule has 0 aliphatic rings. The Morgan fingerprint density at radius 2 is 1.83 bits per heavy atom. The molecule has 0 fully saturated rings. The van der Waals surface area contributed by atoms with Gasteiger partial charge in [0, 0.05) is 18.1 Å². The first-order valence-electron chi connectivity index (χ1n) is 5.40. The molecule has 1 heterocycles. The van der Waals surface area contributed by atoms with Crippen molar-refractivity contribution in [1.82, 2.24) is 4.98 Å². The highest BCUT2D eigenvalue weighted by Crippen LogP contribution is 2.23. The molecule has 18 heavy (non-hydrogen) atoms. The second-order valence-corrected chi connectivity index (χ2v) is 3.92. The first-order valence-corrected chi connectivity index (χ1v) is 5.81. The lowest BCUT2D eigenvalue weighted by Gasteiger charge is -2.12. The van der Waals surface area contributed by atoms with Crippen LogP contribution in [-0.2, 0) is 0 Å². The van der Waals surface area contributed by atoms with Gasteiger partial charge in [0.25, 0.3) is 0 Å². The number of para-hydroxylation sites is 2. The van der Waals surface area contributed by atoms with Crippen molar-refractivity contribution in [3.63, 3.8) is 0 Å². The number of aromatic nitrogens is 1. The second-order valence-electron chi connectivity index (χ2n) is 3.52. The van der Waals surface area contributed by atoms with Gasteiger partial charge in [0.05, 0.1) is 12.8 Å². The molecule has 0 saturated heterocycles. The quantitative estimate of drug-likeness (QED) is 0.830. The van der Waals surface area contributed by atoms with E-state index in [1.807, 2.05) is 36.4 Å². The van der Waals surface area contributed by atoms with E-state index in [4.69, 9.17) is 17.0 Å². The first-order chi connectivity index (χ1) is 8.79. The largest absolute Gasteiger partial charge is 0.495 e. The minimum absolute atomic E-state index is 0.505. The summed E-state index contributed by atoms with van der Waals surface area (Å²) < 4.78 is 5.24. The number of nitrogens with zero attached hydrogens (tertiary/aromatic N) is 1. The maximum Gasteiger partial charge on any atom is 0.175 e. The third kappa shape index (κ3) is 3.18. The van der Waals surface area contributed by atoms with Crippen molar-refractivity contribution >= 4 is 28.7 Å². The normalized spacial score (nSPS) is 9.61. The van der Waals surface area contributed by atoms with Gasteiger partial charge in [-0.2, -0.15) is 0 Å². The van der Waals surface area contributed by atoms with E-state index in [-0.39, 0.29) is 0 Å². The fourth-order valence-electron chi connectivity index (χ4n) is 1.47. The number of methoxy groups -OCH3 is 1. The molecule has 2 aromatic rings. The highest BCUT2D eigenvalue weighted by Gasteiger charge is 2.03. The summed E-state index contributed by atoms with van der Waals surface area (Å²) in [5.74, 6) is 0.747. The summed E-state index contributed by atoms with van der Waals surface area (Å²) in [5.41, 5.74) is 1.71. The summed E-state index contributed by atoms with van der Waals surface area (Å²) >= 11 is 5.23. The number of benzene rings is 1. The van der Waals surface area contributed by atoms with E-state index in [2.05, 4.69) is 15.6 Å². The fraction of sp³-hybridized carbons (Fsp3) is 0.0769. The van der Waals surface area contributed by atoms with Gasteiger partial charge in [-0.1, -0.05) is 12.1 Å². The Labute approximate surface area is 111 Å². The second kappa shape index (κ2) is 5.97. The molecular weight excluding hydrogens is 246 g/mol. The van der Waals surface area contributed by atoms with Crippen molar-refractivity contribution < 1.29 is 4.74 Å². The van der Waals surface area contributed by atoms with E-state index in [1.165, 1.54) is 0 Å². The van der Waals surface area contributed by atoms with Gasteiger partial charge < -0.3 is 15.4 Å². The number of hydrogen-bond donors (Lipinski definition) is 2. The fourth-order valence-corrected chi connectivity index (χ4v) is 1.70. The van der Waals surface area contributed by atoms with E-state index >= 15 is 0 Å². The summed E-state index contributed by atoms with van der Waals surface area (Å²) in [6, 6.07) is 11.3. The zero-order valence-electron chi connectivity index (χ0n) is 9.88. The Morgan fingerprint density at radius 3 is 2.56 bits per heavy atom. The average Bonchev–Trinajstić information content (AvgIpc) is 2.40. The van der Waals surface area contributed by atoms with E-state index in [0.717, 1.165) is 17.1 Å². The van der Waals surface area contributed by atoms with Gasteiger partial charge in [-0.05, 0) is 36.5 Å². The van der Waals surface area contributed by atoms with Crippen molar-refractivity contribution in [3.8, 4) is 5.75 Å². The Morgan fingerprint density at radius 1 is 1.11 bits per heavy atom. The van der Waals surface area contributed by atoms with Gasteiger partial charge in [-0.15, -0.1) is 0 Å². The number of anilines is 2. The Bertz CT molecular complexity index is 531. The summed E-state index contributed by atoms with van der Waals surface area (Å²) in [6.45, 7) is 0. The lowest BCUT2D eigenvalue weighted by Crippen LogP contribution is -2.19. The number of pyridine rings is 1. The molecule has 0 radical (unpaired) electrons. The van der Waals surface area contributed by atoms with Crippen LogP contribution in [0.3, 0.4) is 0 Å². The maximum absolute atomic E-state index is 5.24. The minimum atomic E-state index is 0.505. The zero-order chi connectivity index (χ0) is 12.8. The van der Waals surface area contributed by atoms with Crippen LogP contribution in [0.15, 0.2) is 48.8 Å². The van der Waals surface area contributed by atoms with Gasteiger partial charge in [0.1, 0.15) is 5.75 Å². The smallest absolute Gasteiger partial charge is 0.175 e. The standard InChI is InChI=1S/C13H13N3OS/c1-17-12-5-3-2-4-11(12)16-13(18)15-10-6-8-14-9-7-10/h2-9H,1H3,(H2,14,15,16,18). The van der Waals surface area contributed by atoms with E-state index in [1.54, 1.807) is 19.5 Å². The number of ether oxygens (including phenoxy) is 1. The predicted octanol–water partition coefficient (Wildman–Crippen LogP) is 2.90. The molecule has 1 aromatic heterocycles. The number of hydrogen-bond acceptors (Lipinski definition) is 3. The molecule has 0 atom stereocenters. The van der Waals surface area contributed by atoms with Crippen molar-refractivity contribution in [3.05, 3.63) is 48.8 Å². The first kappa shape index (κ1) is 12.3. The molecule has 92 valence electrons. The lowest BCUT2D eigenvalue weighted by molar-refractivity contribution is 0.417. The molecule has 0 spiro atoms. The predicted molar refractivity (Wildman–Crippen MR) is 77.1 cm³/mol. The molecule has 0 aliphatic carbocycles. The third-order valence-electron chi connectivity index (χ3n) is 2.29. The van der Waals surface area contributed by atoms with Crippen molar-refractivity contribution in [1.29, 1.82) is 0 Å². The van der Waals surface area contributed by atoms with Crippen LogP contribution in [-0.4, -0.2) is 17.2 Å². The van der Waals surface area contributed by atoms with E-state index < -0.39 is 0 Å². The van der Waals surface area contributed by atoms with Crippen LogP contribution in [0.1, 0.15) is 0 Å². The molecule has 1 aromatic carbocycles. The summed E-state index contributed by atoms with van der Waals surface area (Å²) in [7, 11) is 1.62. The van der Waals surface area contributed by atoms with Crippen LogP contribution in [0.4, 0.5) is 11.4 Å². The molecule has 0 saturated carbocycles. The lowest BCUT2D eigenvalue weighted by atomic mass is 10.3. The summed E-state index contributed by atoms with van der Waals surface area (Å²) in [5, 5.41) is 6.66. The van der Waals surface area contributed by atoms with Crippen molar-refractivity contribution in [2.45, 2.75) is 0 Å². The molecule has 0 bridgehead atoms. The molecule has 2 N–H and O–H groups in total. The van der Waals surface area contributed by atoms with Crippen LogP contribution in [0.25, 0.3) is 0 Å². The van der Waals surface area contributed by atoms with E-state index in [9.17, 15) is 0 Å². The molecule has 2 rings (SSSR count).